The zero-order chi connectivity index (χ0) is 31.4. The van der Waals surface area contributed by atoms with E-state index >= 15 is 0 Å². The van der Waals surface area contributed by atoms with Gasteiger partial charge < -0.3 is 30.9 Å². The van der Waals surface area contributed by atoms with Crippen LogP contribution >= 0.6 is 0 Å². The summed E-state index contributed by atoms with van der Waals surface area (Å²) in [5, 5.41) is 25.8. The molecule has 1 aliphatic rings. The van der Waals surface area contributed by atoms with Gasteiger partial charge in [-0.25, -0.2) is 9.97 Å². The van der Waals surface area contributed by atoms with Crippen molar-refractivity contribution in [2.24, 2.45) is 7.05 Å². The number of nitrogens with one attached hydrogen (secondary N) is 1. The summed E-state index contributed by atoms with van der Waals surface area (Å²) in [5.74, 6) is 8.09. The first-order chi connectivity index (χ1) is 21.1. The Labute approximate surface area is 256 Å². The number of carbonyl (C=O) groups is 1. The molecule has 0 saturated carbocycles. The number of hydrogen-bond acceptors (Lipinski definition) is 11. The van der Waals surface area contributed by atoms with Crippen molar-refractivity contribution in [3.05, 3.63) is 59.2 Å². The highest BCUT2D eigenvalue weighted by Gasteiger charge is 2.21. The number of amides is 1. The van der Waals surface area contributed by atoms with Gasteiger partial charge >= 0.3 is 0 Å². The van der Waals surface area contributed by atoms with Crippen molar-refractivity contribution in [2.75, 3.05) is 67.3 Å². The van der Waals surface area contributed by atoms with Crippen LogP contribution in [0.25, 0.3) is 11.3 Å². The lowest BCUT2D eigenvalue weighted by Gasteiger charge is -2.25. The molecule has 4 aromatic rings. The van der Waals surface area contributed by atoms with Crippen LogP contribution in [-0.4, -0.2) is 87.8 Å². The SMILES string of the molecule is Cc1c(C(=O)NCC#Cc2nc(N(C)C)cc(N3CCCN(c4cc(-c5ccccc5O)nnc4N)CC3)n2)nn(C)c1C. The number of nitrogens with two attached hydrogens (primary N) is 1. The van der Waals surface area contributed by atoms with Crippen molar-refractivity contribution in [3.63, 3.8) is 0 Å². The predicted octanol–water partition coefficient (Wildman–Crippen LogP) is 2.14. The number of phenolic OH excluding ortho intramolecular Hbond substituents is 1. The number of phenols is 1. The maximum absolute atomic E-state index is 12.6. The second-order valence-electron chi connectivity index (χ2n) is 10.8. The van der Waals surface area contributed by atoms with Crippen LogP contribution in [0.5, 0.6) is 5.75 Å². The Morgan fingerprint density at radius 2 is 1.82 bits per heavy atom. The molecule has 0 unspecified atom stereocenters. The topological polar surface area (TPSA) is 154 Å². The van der Waals surface area contributed by atoms with Gasteiger partial charge in [-0.05, 0) is 44.4 Å². The van der Waals surface area contributed by atoms with E-state index in [4.69, 9.17) is 10.7 Å². The zero-order valence-electron chi connectivity index (χ0n) is 25.7. The van der Waals surface area contributed by atoms with Gasteiger partial charge in [0.25, 0.3) is 5.91 Å². The molecule has 1 amide bonds. The fourth-order valence-electron chi connectivity index (χ4n) is 4.98. The third kappa shape index (κ3) is 6.49. The van der Waals surface area contributed by atoms with Gasteiger partial charge in [-0.15, -0.1) is 10.2 Å². The van der Waals surface area contributed by atoms with E-state index in [1.807, 2.05) is 58.1 Å². The second kappa shape index (κ2) is 12.9. The first kappa shape index (κ1) is 30.1. The maximum atomic E-state index is 12.6. The highest BCUT2D eigenvalue weighted by molar-refractivity contribution is 5.94. The molecule has 13 heteroatoms. The molecule has 1 aliphatic heterocycles. The first-order valence-electron chi connectivity index (χ1n) is 14.4. The summed E-state index contributed by atoms with van der Waals surface area (Å²) in [6, 6.07) is 10.9. The Balaban J connectivity index is 1.30. The predicted molar refractivity (Wildman–Crippen MR) is 171 cm³/mol. The van der Waals surface area contributed by atoms with E-state index in [0.717, 1.165) is 48.1 Å². The normalized spacial score (nSPS) is 13.2. The summed E-state index contributed by atoms with van der Waals surface area (Å²) in [6.45, 7) is 6.84. The summed E-state index contributed by atoms with van der Waals surface area (Å²) >= 11 is 0. The number of anilines is 4. The quantitative estimate of drug-likeness (QED) is 0.281. The van der Waals surface area contributed by atoms with E-state index in [9.17, 15) is 9.90 Å². The molecule has 3 aromatic heterocycles. The van der Waals surface area contributed by atoms with E-state index in [1.165, 1.54) is 0 Å². The minimum atomic E-state index is -0.268. The fourth-order valence-corrected chi connectivity index (χ4v) is 4.98. The Morgan fingerprint density at radius 1 is 1.07 bits per heavy atom. The molecule has 5 rings (SSSR count). The summed E-state index contributed by atoms with van der Waals surface area (Å²) in [5.41, 5.74) is 10.4. The number of carbonyl (C=O) groups excluding carboxylic acids is 1. The van der Waals surface area contributed by atoms with E-state index in [1.54, 1.807) is 22.9 Å². The number of benzene rings is 1. The third-order valence-corrected chi connectivity index (χ3v) is 7.69. The largest absolute Gasteiger partial charge is 0.507 e. The number of nitrogens with zero attached hydrogens (tertiary/aromatic N) is 9. The molecule has 1 saturated heterocycles. The van der Waals surface area contributed by atoms with Gasteiger partial charge in [0, 0.05) is 70.2 Å². The Morgan fingerprint density at radius 3 is 2.55 bits per heavy atom. The van der Waals surface area contributed by atoms with Crippen LogP contribution < -0.4 is 25.8 Å². The molecule has 4 N–H and O–H groups in total. The molecule has 0 radical (unpaired) electrons. The van der Waals surface area contributed by atoms with Crippen LogP contribution in [0.15, 0.2) is 36.4 Å². The van der Waals surface area contributed by atoms with Crippen LogP contribution in [0.4, 0.5) is 23.1 Å². The molecule has 228 valence electrons. The first-order valence-corrected chi connectivity index (χ1v) is 14.4. The van der Waals surface area contributed by atoms with Gasteiger partial charge in [-0.2, -0.15) is 5.10 Å². The van der Waals surface area contributed by atoms with Crippen LogP contribution in [-0.2, 0) is 7.05 Å². The molecule has 0 spiro atoms. The Kier molecular flexibility index (Phi) is 8.80. The van der Waals surface area contributed by atoms with Gasteiger partial charge in [-0.1, -0.05) is 18.1 Å². The zero-order valence-corrected chi connectivity index (χ0v) is 25.7. The number of nitrogen functional groups attached to an aromatic ring is 1. The van der Waals surface area contributed by atoms with Gasteiger partial charge in [0.05, 0.1) is 17.9 Å². The monoisotopic (exact) mass is 595 g/mol. The Hall–Kier alpha value is -5.38. The average molecular weight is 596 g/mol. The molecule has 4 heterocycles. The lowest BCUT2D eigenvalue weighted by Crippen LogP contribution is -2.32. The van der Waals surface area contributed by atoms with Crippen molar-refractivity contribution in [3.8, 4) is 28.8 Å². The van der Waals surface area contributed by atoms with Gasteiger partial charge in [0.2, 0.25) is 5.82 Å². The number of rotatable bonds is 6. The minimum Gasteiger partial charge on any atom is -0.507 e. The summed E-state index contributed by atoms with van der Waals surface area (Å²) in [7, 11) is 5.66. The van der Waals surface area contributed by atoms with Crippen LogP contribution in [0.3, 0.4) is 0 Å². The summed E-state index contributed by atoms with van der Waals surface area (Å²) < 4.78 is 1.69. The molecule has 0 atom stereocenters. The van der Waals surface area contributed by atoms with E-state index in [2.05, 4.69) is 47.2 Å². The van der Waals surface area contributed by atoms with E-state index < -0.39 is 0 Å². The lowest BCUT2D eigenvalue weighted by atomic mass is 10.1. The van der Waals surface area contributed by atoms with Crippen LogP contribution in [0.2, 0.25) is 0 Å². The van der Waals surface area contributed by atoms with Gasteiger partial charge in [0.15, 0.2) is 11.5 Å². The van der Waals surface area contributed by atoms with Crippen molar-refractivity contribution in [1.29, 1.82) is 0 Å². The molecule has 13 nitrogen and oxygen atoms in total. The number of para-hydroxylation sites is 1. The van der Waals surface area contributed by atoms with Crippen molar-refractivity contribution >= 4 is 29.0 Å². The van der Waals surface area contributed by atoms with Gasteiger partial charge in [-0.3, -0.25) is 9.48 Å². The Bertz CT molecular complexity index is 1740. The van der Waals surface area contributed by atoms with Crippen molar-refractivity contribution in [2.45, 2.75) is 20.3 Å². The number of aromatic nitrogens is 6. The number of hydrogen-bond donors (Lipinski definition) is 3. The molecule has 1 fully saturated rings. The third-order valence-electron chi connectivity index (χ3n) is 7.69. The van der Waals surface area contributed by atoms with E-state index in [-0.39, 0.29) is 18.2 Å². The van der Waals surface area contributed by atoms with E-state index in [0.29, 0.717) is 41.7 Å². The maximum Gasteiger partial charge on any atom is 0.272 e. The molecular weight excluding hydrogens is 558 g/mol. The van der Waals surface area contributed by atoms with Crippen LogP contribution in [0, 0.1) is 25.7 Å². The smallest absolute Gasteiger partial charge is 0.272 e. The minimum absolute atomic E-state index is 0.139. The van der Waals surface area contributed by atoms with Crippen LogP contribution in [0.1, 0.15) is 34.0 Å². The number of aryl methyl sites for hydroxylation is 1. The molecule has 0 bridgehead atoms. The van der Waals surface area contributed by atoms with Gasteiger partial charge in [0.1, 0.15) is 17.4 Å². The molecule has 44 heavy (non-hydrogen) atoms. The standard InChI is InChI=1S/C31H37N11O2/c1-20-21(2)40(5)38-29(20)31(44)33-13-8-12-26-34-27(39(3)4)19-28(35-26)42-15-9-14-41(16-17-42)24-18-23(36-37-30(24)32)22-10-6-7-11-25(22)43/h6-7,10-11,18-19,43H,9,13-17H2,1-5H3,(H2,32,37)(H,33,44). The lowest BCUT2D eigenvalue weighted by molar-refractivity contribution is 0.0952. The van der Waals surface area contributed by atoms with Crippen molar-refractivity contribution in [1.82, 2.24) is 35.3 Å². The summed E-state index contributed by atoms with van der Waals surface area (Å²) in [6.07, 6.45) is 0.856. The highest BCUT2D eigenvalue weighted by atomic mass is 16.3. The molecule has 0 aliphatic carbocycles. The summed E-state index contributed by atoms with van der Waals surface area (Å²) in [4.78, 5) is 28.3. The molecule has 1 aromatic carbocycles. The average Bonchev–Trinajstić information content (AvgIpc) is 3.17. The van der Waals surface area contributed by atoms with Crippen molar-refractivity contribution < 1.29 is 9.90 Å². The number of aromatic hydroxyl groups is 1. The second-order valence-corrected chi connectivity index (χ2v) is 10.8. The fraction of sp³-hybridized carbons (Fsp3) is 0.355. The molecular formula is C31H37N11O2. The highest BCUT2D eigenvalue weighted by Crippen LogP contribution is 2.32.